The van der Waals surface area contributed by atoms with E-state index >= 15 is 0 Å². The first-order chi connectivity index (χ1) is 12.0. The first-order valence-electron chi connectivity index (χ1n) is 7.57. The van der Waals surface area contributed by atoms with Crippen LogP contribution in [-0.2, 0) is 4.79 Å². The lowest BCUT2D eigenvalue weighted by Crippen LogP contribution is -2.22. The highest BCUT2D eigenvalue weighted by Crippen LogP contribution is 2.35. The molecule has 25 heavy (non-hydrogen) atoms. The van der Waals surface area contributed by atoms with Crippen LogP contribution < -0.4 is 10.6 Å². The Morgan fingerprint density at radius 2 is 1.88 bits per heavy atom. The maximum absolute atomic E-state index is 13.1. The summed E-state index contributed by atoms with van der Waals surface area (Å²) in [6, 6.07) is 15.0. The van der Waals surface area contributed by atoms with Gasteiger partial charge >= 0.3 is 0 Å². The van der Waals surface area contributed by atoms with Gasteiger partial charge in [-0.2, -0.15) is 0 Å². The zero-order valence-corrected chi connectivity index (χ0v) is 15.6. The fourth-order valence-corrected chi connectivity index (χ4v) is 3.78. The van der Waals surface area contributed by atoms with Crippen molar-refractivity contribution in [1.29, 1.82) is 0 Å². The number of halogens is 3. The summed E-state index contributed by atoms with van der Waals surface area (Å²) in [5, 5.41) is 5.16. The molecule has 1 aliphatic heterocycles. The number of nitrogens with one attached hydrogen (secondary N) is 2. The number of thioether (sulfide) groups is 1. The summed E-state index contributed by atoms with van der Waals surface area (Å²) in [6.45, 7) is 1.74. The molecule has 0 saturated heterocycles. The Hall–Kier alpha value is -1.86. The second kappa shape index (κ2) is 7.58. The number of benzene rings is 2. The van der Waals surface area contributed by atoms with Crippen LogP contribution in [0.2, 0.25) is 0 Å². The molecule has 3 rings (SSSR count). The van der Waals surface area contributed by atoms with Crippen LogP contribution in [0.5, 0.6) is 0 Å². The van der Waals surface area contributed by atoms with E-state index in [2.05, 4.69) is 26.6 Å². The van der Waals surface area contributed by atoms with Crippen LogP contribution in [0.15, 0.2) is 63.6 Å². The zero-order valence-electron chi connectivity index (χ0n) is 13.2. The molecule has 2 aromatic rings. The van der Waals surface area contributed by atoms with E-state index in [4.69, 9.17) is 0 Å². The molecule has 130 valence electrons. The SMILES string of the molecule is CC1NC(C(F)F)=C(C(=O)Nc2ccccc2-c2ccc(Br)cc2)S1. The minimum atomic E-state index is -2.71. The van der Waals surface area contributed by atoms with Crippen molar-refractivity contribution < 1.29 is 13.6 Å². The number of hydrogen-bond donors (Lipinski definition) is 2. The molecule has 7 heteroatoms. The van der Waals surface area contributed by atoms with E-state index in [1.165, 1.54) is 0 Å². The molecule has 1 atom stereocenters. The van der Waals surface area contributed by atoms with Gasteiger partial charge in [-0.25, -0.2) is 8.78 Å². The van der Waals surface area contributed by atoms with Gasteiger partial charge in [-0.05, 0) is 30.7 Å². The van der Waals surface area contributed by atoms with E-state index in [9.17, 15) is 13.6 Å². The third-order valence-electron chi connectivity index (χ3n) is 3.65. The molecule has 1 heterocycles. The third kappa shape index (κ3) is 4.04. The van der Waals surface area contributed by atoms with Crippen LogP contribution in [0, 0.1) is 0 Å². The van der Waals surface area contributed by atoms with E-state index in [0.717, 1.165) is 27.4 Å². The van der Waals surface area contributed by atoms with Crippen LogP contribution in [0.3, 0.4) is 0 Å². The summed E-state index contributed by atoms with van der Waals surface area (Å²) < 4.78 is 27.2. The topological polar surface area (TPSA) is 41.1 Å². The molecular formula is C18H15BrF2N2OS. The van der Waals surface area contributed by atoms with Crippen LogP contribution in [0.4, 0.5) is 14.5 Å². The lowest BCUT2D eigenvalue weighted by atomic mass is 10.0. The Labute approximate surface area is 157 Å². The summed E-state index contributed by atoms with van der Waals surface area (Å²) in [6.07, 6.45) is -2.71. The van der Waals surface area contributed by atoms with Gasteiger partial charge in [0.25, 0.3) is 12.3 Å². The molecule has 0 spiro atoms. The standard InChI is InChI=1S/C18H15BrF2N2OS/c1-10-22-15(17(20)21)16(25-10)18(24)23-14-5-3-2-4-13(14)11-6-8-12(19)9-7-11/h2-10,17,22H,1H3,(H,23,24). The largest absolute Gasteiger partial charge is 0.371 e. The lowest BCUT2D eigenvalue weighted by molar-refractivity contribution is -0.112. The fraction of sp³-hybridized carbons (Fsp3) is 0.167. The van der Waals surface area contributed by atoms with Crippen LogP contribution in [0.25, 0.3) is 11.1 Å². The molecule has 0 saturated carbocycles. The number of amides is 1. The molecular weight excluding hydrogens is 410 g/mol. The van der Waals surface area contributed by atoms with Crippen molar-refractivity contribution in [3.63, 3.8) is 0 Å². The number of hydrogen-bond acceptors (Lipinski definition) is 3. The van der Waals surface area contributed by atoms with Crippen molar-refractivity contribution >= 4 is 39.3 Å². The van der Waals surface area contributed by atoms with Crippen molar-refractivity contribution in [3.8, 4) is 11.1 Å². The van der Waals surface area contributed by atoms with Crippen molar-refractivity contribution in [2.24, 2.45) is 0 Å². The molecule has 0 aliphatic carbocycles. The maximum Gasteiger partial charge on any atom is 0.279 e. The number of rotatable bonds is 4. The van der Waals surface area contributed by atoms with Crippen molar-refractivity contribution in [3.05, 3.63) is 63.6 Å². The molecule has 0 radical (unpaired) electrons. The van der Waals surface area contributed by atoms with Gasteiger partial charge in [0.2, 0.25) is 0 Å². The third-order valence-corrected chi connectivity index (χ3v) is 5.29. The Balaban J connectivity index is 1.90. The number of para-hydroxylation sites is 1. The predicted molar refractivity (Wildman–Crippen MR) is 101 cm³/mol. The minimum absolute atomic E-state index is 0.0353. The van der Waals surface area contributed by atoms with Gasteiger partial charge in [0.15, 0.2) is 0 Å². The second-order valence-electron chi connectivity index (χ2n) is 5.45. The maximum atomic E-state index is 13.1. The van der Waals surface area contributed by atoms with E-state index < -0.39 is 12.3 Å². The Bertz CT molecular complexity index is 824. The van der Waals surface area contributed by atoms with Gasteiger partial charge < -0.3 is 10.6 Å². The Morgan fingerprint density at radius 1 is 1.20 bits per heavy atom. The highest BCUT2D eigenvalue weighted by molar-refractivity contribution is 9.10. The van der Waals surface area contributed by atoms with Gasteiger partial charge in [0, 0.05) is 15.7 Å². The van der Waals surface area contributed by atoms with Crippen LogP contribution in [0.1, 0.15) is 6.92 Å². The van der Waals surface area contributed by atoms with Crippen molar-refractivity contribution in [1.82, 2.24) is 5.32 Å². The van der Waals surface area contributed by atoms with Gasteiger partial charge in [-0.1, -0.05) is 58.0 Å². The zero-order chi connectivity index (χ0) is 18.0. The first kappa shape index (κ1) is 17.9. The van der Waals surface area contributed by atoms with E-state index in [-0.39, 0.29) is 16.0 Å². The van der Waals surface area contributed by atoms with E-state index in [0.29, 0.717) is 5.69 Å². The second-order valence-corrected chi connectivity index (χ2v) is 7.72. The average molecular weight is 425 g/mol. The predicted octanol–water partition coefficient (Wildman–Crippen LogP) is 5.21. The molecule has 2 aromatic carbocycles. The monoisotopic (exact) mass is 424 g/mol. The molecule has 1 aliphatic rings. The number of anilines is 1. The molecule has 1 unspecified atom stereocenters. The molecule has 1 amide bonds. The fourth-order valence-electron chi connectivity index (χ4n) is 2.54. The van der Waals surface area contributed by atoms with E-state index in [1.807, 2.05) is 36.4 Å². The summed E-state index contributed by atoms with van der Waals surface area (Å²) in [5.41, 5.74) is 2.02. The highest BCUT2D eigenvalue weighted by Gasteiger charge is 2.31. The summed E-state index contributed by atoms with van der Waals surface area (Å²) in [7, 11) is 0. The number of alkyl halides is 2. The summed E-state index contributed by atoms with van der Waals surface area (Å²) in [5.74, 6) is -0.526. The minimum Gasteiger partial charge on any atom is -0.371 e. The number of carbonyl (C=O) groups is 1. The molecule has 2 N–H and O–H groups in total. The molecule has 0 aromatic heterocycles. The normalized spacial score (nSPS) is 16.9. The summed E-state index contributed by atoms with van der Waals surface area (Å²) >= 11 is 4.49. The highest BCUT2D eigenvalue weighted by atomic mass is 79.9. The quantitative estimate of drug-likeness (QED) is 0.707. The van der Waals surface area contributed by atoms with Gasteiger partial charge in [-0.15, -0.1) is 0 Å². The lowest BCUT2D eigenvalue weighted by Gasteiger charge is -2.12. The van der Waals surface area contributed by atoms with E-state index in [1.54, 1.807) is 19.1 Å². The van der Waals surface area contributed by atoms with Gasteiger partial charge in [0.1, 0.15) is 0 Å². The summed E-state index contributed by atoms with van der Waals surface area (Å²) in [4.78, 5) is 12.6. The molecule has 0 fully saturated rings. The van der Waals surface area contributed by atoms with Gasteiger partial charge in [0.05, 0.1) is 16.0 Å². The number of allylic oxidation sites excluding steroid dienone is 1. The van der Waals surface area contributed by atoms with Crippen LogP contribution >= 0.6 is 27.7 Å². The average Bonchev–Trinajstić information content (AvgIpc) is 2.99. The Morgan fingerprint density at radius 3 is 2.56 bits per heavy atom. The smallest absolute Gasteiger partial charge is 0.279 e. The van der Waals surface area contributed by atoms with Crippen LogP contribution in [-0.4, -0.2) is 17.7 Å². The van der Waals surface area contributed by atoms with Crippen molar-refractivity contribution in [2.45, 2.75) is 18.7 Å². The molecule has 3 nitrogen and oxygen atoms in total. The number of carbonyl (C=O) groups excluding carboxylic acids is 1. The molecule has 0 bridgehead atoms. The Kier molecular flexibility index (Phi) is 5.44. The van der Waals surface area contributed by atoms with Gasteiger partial charge in [-0.3, -0.25) is 4.79 Å². The first-order valence-corrected chi connectivity index (χ1v) is 9.25. The van der Waals surface area contributed by atoms with Crippen molar-refractivity contribution in [2.75, 3.05) is 5.32 Å².